The van der Waals surface area contributed by atoms with Crippen molar-refractivity contribution >= 4 is 23.1 Å². The molecular formula is C16H18ClN3O. The Morgan fingerprint density at radius 3 is 2.62 bits per heavy atom. The molecule has 0 saturated carbocycles. The Morgan fingerprint density at radius 1 is 1.19 bits per heavy atom. The molecule has 1 unspecified atom stereocenters. The van der Waals surface area contributed by atoms with E-state index in [1.54, 1.807) is 12.1 Å². The van der Waals surface area contributed by atoms with Crippen molar-refractivity contribution in [3.63, 3.8) is 0 Å². The van der Waals surface area contributed by atoms with Crippen molar-refractivity contribution in [2.75, 3.05) is 11.9 Å². The van der Waals surface area contributed by atoms with Crippen molar-refractivity contribution in [1.29, 1.82) is 5.41 Å². The maximum Gasteiger partial charge on any atom is 0.120 e. The van der Waals surface area contributed by atoms with Crippen LogP contribution in [-0.2, 0) is 0 Å². The molecule has 4 N–H and O–H groups in total. The number of hydrogen-bond donors (Lipinski definition) is 3. The van der Waals surface area contributed by atoms with Crippen LogP contribution < -0.4 is 15.8 Å². The zero-order valence-electron chi connectivity index (χ0n) is 11.6. The molecule has 0 bridgehead atoms. The lowest BCUT2D eigenvalue weighted by Gasteiger charge is -2.18. The van der Waals surface area contributed by atoms with E-state index >= 15 is 0 Å². The van der Waals surface area contributed by atoms with Gasteiger partial charge in [0, 0.05) is 17.1 Å². The molecule has 0 saturated heterocycles. The SMILES string of the molecule is N=C(N)C(CCOc1cccc(Cl)c1)Nc1ccccc1. The highest BCUT2D eigenvalue weighted by Crippen LogP contribution is 2.17. The van der Waals surface area contributed by atoms with Crippen LogP contribution in [0.1, 0.15) is 6.42 Å². The first-order chi connectivity index (χ1) is 10.1. The van der Waals surface area contributed by atoms with Crippen LogP contribution in [0.5, 0.6) is 5.75 Å². The predicted molar refractivity (Wildman–Crippen MR) is 87.3 cm³/mol. The van der Waals surface area contributed by atoms with Crippen molar-refractivity contribution in [1.82, 2.24) is 0 Å². The molecule has 21 heavy (non-hydrogen) atoms. The Labute approximate surface area is 129 Å². The van der Waals surface area contributed by atoms with Crippen molar-refractivity contribution in [3.05, 3.63) is 59.6 Å². The van der Waals surface area contributed by atoms with Crippen LogP contribution in [0, 0.1) is 5.41 Å². The van der Waals surface area contributed by atoms with Crippen LogP contribution in [0.3, 0.4) is 0 Å². The monoisotopic (exact) mass is 303 g/mol. The lowest BCUT2D eigenvalue weighted by molar-refractivity contribution is 0.309. The van der Waals surface area contributed by atoms with Crippen molar-refractivity contribution < 1.29 is 4.74 Å². The summed E-state index contributed by atoms with van der Waals surface area (Å²) in [5.41, 5.74) is 6.56. The molecule has 2 rings (SSSR count). The summed E-state index contributed by atoms with van der Waals surface area (Å²) >= 11 is 5.90. The zero-order valence-corrected chi connectivity index (χ0v) is 12.3. The quantitative estimate of drug-likeness (QED) is 0.541. The smallest absolute Gasteiger partial charge is 0.120 e. The molecule has 110 valence electrons. The van der Waals surface area contributed by atoms with Crippen LogP contribution >= 0.6 is 11.6 Å². The van der Waals surface area contributed by atoms with Gasteiger partial charge in [0.1, 0.15) is 11.6 Å². The van der Waals surface area contributed by atoms with Gasteiger partial charge in [-0.1, -0.05) is 35.9 Å². The number of benzene rings is 2. The van der Waals surface area contributed by atoms with E-state index in [2.05, 4.69) is 5.32 Å². The molecule has 1 atom stereocenters. The highest BCUT2D eigenvalue weighted by Gasteiger charge is 2.12. The third kappa shape index (κ3) is 5.00. The number of nitrogens with two attached hydrogens (primary N) is 1. The second-order valence-corrected chi connectivity index (χ2v) is 5.05. The van der Waals surface area contributed by atoms with E-state index in [9.17, 15) is 0 Å². The van der Waals surface area contributed by atoms with Gasteiger partial charge in [-0.05, 0) is 30.3 Å². The van der Waals surface area contributed by atoms with E-state index in [4.69, 9.17) is 27.5 Å². The van der Waals surface area contributed by atoms with Gasteiger partial charge in [-0.25, -0.2) is 0 Å². The first-order valence-electron chi connectivity index (χ1n) is 6.69. The summed E-state index contributed by atoms with van der Waals surface area (Å²) in [7, 11) is 0. The van der Waals surface area contributed by atoms with E-state index in [1.165, 1.54) is 0 Å². The fraction of sp³-hybridized carbons (Fsp3) is 0.188. The molecule has 4 nitrogen and oxygen atoms in total. The minimum atomic E-state index is -0.258. The first kappa shape index (κ1) is 15.2. The van der Waals surface area contributed by atoms with E-state index < -0.39 is 0 Å². The zero-order chi connectivity index (χ0) is 15.1. The third-order valence-corrected chi connectivity index (χ3v) is 3.20. The molecule has 0 aliphatic carbocycles. The molecule has 2 aromatic rings. The number of halogens is 1. The van der Waals surface area contributed by atoms with Gasteiger partial charge >= 0.3 is 0 Å². The third-order valence-electron chi connectivity index (χ3n) is 2.96. The van der Waals surface area contributed by atoms with Crippen molar-refractivity contribution in [3.8, 4) is 5.75 Å². The van der Waals surface area contributed by atoms with Gasteiger partial charge in [-0.3, -0.25) is 5.41 Å². The van der Waals surface area contributed by atoms with Gasteiger partial charge in [-0.2, -0.15) is 0 Å². The Kier molecular flexibility index (Phi) is 5.46. The molecule has 0 spiro atoms. The van der Waals surface area contributed by atoms with E-state index in [0.29, 0.717) is 23.8 Å². The molecule has 0 amide bonds. The molecule has 5 heteroatoms. The van der Waals surface area contributed by atoms with E-state index in [0.717, 1.165) is 5.69 Å². The number of amidine groups is 1. The van der Waals surface area contributed by atoms with Crippen LogP contribution in [0.2, 0.25) is 5.02 Å². The lowest BCUT2D eigenvalue weighted by atomic mass is 10.2. The largest absolute Gasteiger partial charge is 0.493 e. The summed E-state index contributed by atoms with van der Waals surface area (Å²) in [6.07, 6.45) is 0.594. The maximum absolute atomic E-state index is 7.66. The van der Waals surface area contributed by atoms with Crippen LogP contribution in [0.15, 0.2) is 54.6 Å². The normalized spacial score (nSPS) is 11.7. The van der Waals surface area contributed by atoms with Crippen LogP contribution in [0.25, 0.3) is 0 Å². The minimum absolute atomic E-state index is 0.0912. The lowest BCUT2D eigenvalue weighted by Crippen LogP contribution is -2.36. The fourth-order valence-corrected chi connectivity index (χ4v) is 2.07. The van der Waals surface area contributed by atoms with Gasteiger partial charge < -0.3 is 15.8 Å². The molecule has 0 heterocycles. The number of nitrogens with one attached hydrogen (secondary N) is 2. The van der Waals surface area contributed by atoms with Crippen LogP contribution in [-0.4, -0.2) is 18.5 Å². The maximum atomic E-state index is 7.66. The molecule has 0 aliphatic heterocycles. The summed E-state index contributed by atoms with van der Waals surface area (Å²) < 4.78 is 5.63. The summed E-state index contributed by atoms with van der Waals surface area (Å²) in [5.74, 6) is 0.804. The second-order valence-electron chi connectivity index (χ2n) is 4.61. The Morgan fingerprint density at radius 2 is 1.95 bits per heavy atom. The first-order valence-corrected chi connectivity index (χ1v) is 7.07. The van der Waals surface area contributed by atoms with Crippen LogP contribution in [0.4, 0.5) is 5.69 Å². The van der Waals surface area contributed by atoms with Crippen molar-refractivity contribution in [2.45, 2.75) is 12.5 Å². The average molecular weight is 304 g/mol. The second kappa shape index (κ2) is 7.55. The average Bonchev–Trinajstić information content (AvgIpc) is 2.47. The topological polar surface area (TPSA) is 71.1 Å². The molecule has 0 radical (unpaired) electrons. The number of ether oxygens (including phenoxy) is 1. The van der Waals surface area contributed by atoms with Gasteiger partial charge in [0.15, 0.2) is 0 Å². The molecule has 2 aromatic carbocycles. The summed E-state index contributed by atoms with van der Waals surface area (Å²) in [4.78, 5) is 0. The summed E-state index contributed by atoms with van der Waals surface area (Å²) in [5, 5.41) is 11.5. The summed E-state index contributed by atoms with van der Waals surface area (Å²) in [6.45, 7) is 0.449. The number of hydrogen-bond acceptors (Lipinski definition) is 3. The van der Waals surface area contributed by atoms with E-state index in [1.807, 2.05) is 42.5 Å². The molecule has 0 aromatic heterocycles. The van der Waals surface area contributed by atoms with Crippen molar-refractivity contribution in [2.24, 2.45) is 5.73 Å². The predicted octanol–water partition coefficient (Wildman–Crippen LogP) is 3.53. The summed E-state index contributed by atoms with van der Waals surface area (Å²) in [6, 6.07) is 16.7. The van der Waals surface area contributed by atoms with Gasteiger partial charge in [-0.15, -0.1) is 0 Å². The number of para-hydroxylation sites is 1. The van der Waals surface area contributed by atoms with E-state index in [-0.39, 0.29) is 11.9 Å². The molecule has 0 aliphatic rings. The minimum Gasteiger partial charge on any atom is -0.493 e. The Balaban J connectivity index is 1.87. The Hall–Kier alpha value is -2.20. The Bertz CT molecular complexity index is 589. The highest BCUT2D eigenvalue weighted by atomic mass is 35.5. The molecule has 0 fully saturated rings. The fourth-order valence-electron chi connectivity index (χ4n) is 1.89. The van der Waals surface area contributed by atoms with Gasteiger partial charge in [0.2, 0.25) is 0 Å². The molecular weight excluding hydrogens is 286 g/mol. The number of rotatable bonds is 7. The van der Waals surface area contributed by atoms with Gasteiger partial charge in [0.05, 0.1) is 12.6 Å². The highest BCUT2D eigenvalue weighted by molar-refractivity contribution is 6.30. The number of anilines is 1. The van der Waals surface area contributed by atoms with Gasteiger partial charge in [0.25, 0.3) is 0 Å². The standard InChI is InChI=1S/C16H18ClN3O/c17-12-5-4-8-14(11-12)21-10-9-15(16(18)19)20-13-6-2-1-3-7-13/h1-8,11,15,20H,9-10H2,(H3,18,19).